The number of amides is 1. The second-order valence-corrected chi connectivity index (χ2v) is 8.36. The van der Waals surface area contributed by atoms with Crippen LogP contribution < -0.4 is 5.32 Å². The van der Waals surface area contributed by atoms with Gasteiger partial charge in [-0.3, -0.25) is 9.89 Å². The Morgan fingerprint density at radius 2 is 2.14 bits per heavy atom. The van der Waals surface area contributed by atoms with Gasteiger partial charge < -0.3 is 20.1 Å². The van der Waals surface area contributed by atoms with Gasteiger partial charge in [-0.05, 0) is 32.6 Å². The second kappa shape index (κ2) is 7.07. The number of nitrogens with zero attached hydrogens (tertiary/aromatic N) is 4. The van der Waals surface area contributed by atoms with Crippen molar-refractivity contribution >= 4 is 11.7 Å². The van der Waals surface area contributed by atoms with Crippen LogP contribution in [0.1, 0.15) is 46.7 Å². The molecule has 5 rings (SSSR count). The van der Waals surface area contributed by atoms with Crippen LogP contribution in [0, 0.1) is 6.92 Å². The molecule has 3 N–H and O–H groups in total. The molecule has 1 spiro atoms. The van der Waals surface area contributed by atoms with E-state index < -0.39 is 6.10 Å². The van der Waals surface area contributed by atoms with Gasteiger partial charge in [-0.1, -0.05) is 0 Å². The first kappa shape index (κ1) is 18.5. The summed E-state index contributed by atoms with van der Waals surface area (Å²) in [4.78, 5) is 24.0. The molecule has 4 heterocycles. The maximum atomic E-state index is 12.6. The standard InChI is InChI=1S/C20H26N6O3/c1-12-23-17-14(18(24-12)25-15-10-29-11-16(15)27)2-3-20(17)4-6-26(7-5-20)19(28)13-8-21-22-9-13/h8-9,15-16,27H,2-7,10-11H2,1H3,(H,21,22)(H,23,24,25)/t15-,16+/m0/s1. The molecule has 2 aromatic rings. The van der Waals surface area contributed by atoms with E-state index in [1.807, 2.05) is 11.8 Å². The Labute approximate surface area is 168 Å². The van der Waals surface area contributed by atoms with Gasteiger partial charge in [-0.2, -0.15) is 5.10 Å². The number of piperidine rings is 1. The third-order valence-electron chi connectivity index (χ3n) is 6.60. The van der Waals surface area contributed by atoms with E-state index in [2.05, 4.69) is 20.5 Å². The molecule has 2 fully saturated rings. The van der Waals surface area contributed by atoms with Gasteiger partial charge in [-0.25, -0.2) is 9.97 Å². The second-order valence-electron chi connectivity index (χ2n) is 8.36. The van der Waals surface area contributed by atoms with Gasteiger partial charge in [-0.15, -0.1) is 0 Å². The number of hydrogen-bond donors (Lipinski definition) is 3. The summed E-state index contributed by atoms with van der Waals surface area (Å²) in [7, 11) is 0. The van der Waals surface area contributed by atoms with Crippen molar-refractivity contribution < 1.29 is 14.6 Å². The molecule has 154 valence electrons. The first-order chi connectivity index (χ1) is 14.1. The zero-order valence-corrected chi connectivity index (χ0v) is 16.5. The molecule has 29 heavy (non-hydrogen) atoms. The monoisotopic (exact) mass is 398 g/mol. The minimum Gasteiger partial charge on any atom is -0.388 e. The molecule has 0 aromatic carbocycles. The number of carbonyl (C=O) groups excluding carboxylic acids is 1. The third kappa shape index (κ3) is 3.18. The highest BCUT2D eigenvalue weighted by molar-refractivity contribution is 5.93. The number of aryl methyl sites for hydroxylation is 1. The van der Waals surface area contributed by atoms with Crippen LogP contribution in [0.3, 0.4) is 0 Å². The topological polar surface area (TPSA) is 116 Å². The summed E-state index contributed by atoms with van der Waals surface area (Å²) in [5.41, 5.74) is 2.88. The number of anilines is 1. The Morgan fingerprint density at radius 1 is 1.31 bits per heavy atom. The summed E-state index contributed by atoms with van der Waals surface area (Å²) in [5, 5.41) is 20.1. The molecule has 2 aromatic heterocycles. The summed E-state index contributed by atoms with van der Waals surface area (Å²) in [6.07, 6.45) is 6.43. The number of likely N-dealkylation sites (tertiary alicyclic amines) is 1. The lowest BCUT2D eigenvalue weighted by Gasteiger charge is -2.39. The molecule has 0 radical (unpaired) electrons. The maximum Gasteiger partial charge on any atom is 0.257 e. The smallest absolute Gasteiger partial charge is 0.257 e. The van der Waals surface area contributed by atoms with Crippen molar-refractivity contribution in [2.45, 2.75) is 50.2 Å². The number of aliphatic hydroxyl groups is 1. The van der Waals surface area contributed by atoms with E-state index in [0.717, 1.165) is 48.6 Å². The Kier molecular flexibility index (Phi) is 4.51. The SMILES string of the molecule is Cc1nc(N[C@H]2COC[C@H]2O)c2c(n1)C1(CC2)CCN(C(=O)c2cn[nH]c2)CC1. The number of nitrogens with one attached hydrogen (secondary N) is 2. The molecular weight excluding hydrogens is 372 g/mol. The van der Waals surface area contributed by atoms with Crippen LogP contribution in [0.15, 0.2) is 12.4 Å². The highest BCUT2D eigenvalue weighted by atomic mass is 16.5. The minimum absolute atomic E-state index is 0.00255. The normalized spacial score (nSPS) is 25.4. The maximum absolute atomic E-state index is 12.6. The first-order valence-electron chi connectivity index (χ1n) is 10.2. The predicted octanol–water partition coefficient (Wildman–Crippen LogP) is 0.800. The Hall–Kier alpha value is -2.52. The molecule has 2 atom stereocenters. The largest absolute Gasteiger partial charge is 0.388 e. The molecule has 1 aliphatic carbocycles. The summed E-state index contributed by atoms with van der Waals surface area (Å²) in [6.45, 7) is 4.18. The fourth-order valence-electron chi connectivity index (χ4n) is 4.90. The summed E-state index contributed by atoms with van der Waals surface area (Å²) in [5.74, 6) is 1.59. The van der Waals surface area contributed by atoms with Crippen molar-refractivity contribution in [1.82, 2.24) is 25.1 Å². The molecule has 9 nitrogen and oxygen atoms in total. The van der Waals surface area contributed by atoms with Crippen molar-refractivity contribution in [2.24, 2.45) is 0 Å². The van der Waals surface area contributed by atoms with Gasteiger partial charge >= 0.3 is 0 Å². The average Bonchev–Trinajstić information content (AvgIpc) is 3.45. The van der Waals surface area contributed by atoms with Crippen LogP contribution in [-0.4, -0.2) is 74.5 Å². The van der Waals surface area contributed by atoms with E-state index in [1.165, 1.54) is 0 Å². The van der Waals surface area contributed by atoms with Gasteiger partial charge in [0.2, 0.25) is 0 Å². The number of hydrogen-bond acceptors (Lipinski definition) is 7. The highest BCUT2D eigenvalue weighted by Gasteiger charge is 2.45. The zero-order chi connectivity index (χ0) is 20.0. The molecule has 3 aliphatic rings. The Morgan fingerprint density at radius 3 is 2.83 bits per heavy atom. The van der Waals surface area contributed by atoms with Crippen molar-refractivity contribution in [3.63, 3.8) is 0 Å². The summed E-state index contributed by atoms with van der Waals surface area (Å²) < 4.78 is 5.37. The minimum atomic E-state index is -0.520. The molecule has 1 amide bonds. The van der Waals surface area contributed by atoms with Crippen molar-refractivity contribution in [3.8, 4) is 0 Å². The molecule has 0 saturated carbocycles. The van der Waals surface area contributed by atoms with Crippen molar-refractivity contribution in [2.75, 3.05) is 31.6 Å². The van der Waals surface area contributed by atoms with Crippen LogP contribution in [0.2, 0.25) is 0 Å². The quantitative estimate of drug-likeness (QED) is 0.700. The lowest BCUT2D eigenvalue weighted by atomic mass is 9.76. The van der Waals surface area contributed by atoms with E-state index >= 15 is 0 Å². The molecule has 2 aliphatic heterocycles. The Balaban J connectivity index is 1.36. The van der Waals surface area contributed by atoms with Gasteiger partial charge in [0.15, 0.2) is 0 Å². The predicted molar refractivity (Wildman–Crippen MR) is 105 cm³/mol. The molecule has 0 unspecified atom stereocenters. The third-order valence-corrected chi connectivity index (χ3v) is 6.60. The number of aliphatic hydroxyl groups excluding tert-OH is 1. The number of aromatic nitrogens is 4. The highest BCUT2D eigenvalue weighted by Crippen LogP contribution is 2.47. The number of ether oxygens (including phenoxy) is 1. The van der Waals surface area contributed by atoms with Crippen molar-refractivity contribution in [1.29, 1.82) is 0 Å². The van der Waals surface area contributed by atoms with E-state index in [9.17, 15) is 9.90 Å². The molecule has 0 bridgehead atoms. The zero-order valence-electron chi connectivity index (χ0n) is 16.5. The van der Waals surface area contributed by atoms with Gasteiger partial charge in [0.1, 0.15) is 11.6 Å². The fraction of sp³-hybridized carbons (Fsp3) is 0.600. The Bertz CT molecular complexity index is 907. The number of rotatable bonds is 3. The molecular formula is C20H26N6O3. The number of fused-ring (bicyclic) bond motifs is 2. The van der Waals surface area contributed by atoms with Gasteiger partial charge in [0.25, 0.3) is 5.91 Å². The van der Waals surface area contributed by atoms with E-state index in [-0.39, 0.29) is 17.4 Å². The fourth-order valence-corrected chi connectivity index (χ4v) is 4.90. The van der Waals surface area contributed by atoms with Crippen molar-refractivity contribution in [3.05, 3.63) is 35.0 Å². The van der Waals surface area contributed by atoms with E-state index in [4.69, 9.17) is 9.72 Å². The van der Waals surface area contributed by atoms with Crippen LogP contribution in [0.5, 0.6) is 0 Å². The number of aromatic amines is 1. The van der Waals surface area contributed by atoms with Gasteiger partial charge in [0, 0.05) is 30.3 Å². The van der Waals surface area contributed by atoms with E-state index in [1.54, 1.807) is 12.4 Å². The van der Waals surface area contributed by atoms with Gasteiger partial charge in [0.05, 0.1) is 42.8 Å². The molecule has 9 heteroatoms. The number of H-pyrrole nitrogens is 1. The number of carbonyl (C=O) groups is 1. The first-order valence-corrected chi connectivity index (χ1v) is 10.2. The van der Waals surface area contributed by atoms with Crippen LogP contribution in [0.4, 0.5) is 5.82 Å². The summed E-state index contributed by atoms with van der Waals surface area (Å²) >= 11 is 0. The van der Waals surface area contributed by atoms with E-state index in [0.29, 0.717) is 31.9 Å². The average molecular weight is 398 g/mol. The summed E-state index contributed by atoms with van der Waals surface area (Å²) in [6, 6.07) is -0.139. The van der Waals surface area contributed by atoms with Crippen LogP contribution in [-0.2, 0) is 16.6 Å². The lowest BCUT2D eigenvalue weighted by Crippen LogP contribution is -2.44. The van der Waals surface area contributed by atoms with Crippen LogP contribution >= 0.6 is 0 Å². The van der Waals surface area contributed by atoms with Crippen LogP contribution in [0.25, 0.3) is 0 Å². The molecule has 2 saturated heterocycles. The lowest BCUT2D eigenvalue weighted by molar-refractivity contribution is 0.0663.